The van der Waals surface area contributed by atoms with Gasteiger partial charge in [0.05, 0.1) is 23.7 Å². The van der Waals surface area contributed by atoms with Crippen molar-refractivity contribution in [2.24, 2.45) is 9.98 Å². The van der Waals surface area contributed by atoms with Crippen LogP contribution in [0.25, 0.3) is 0 Å². The molecule has 3 heterocycles. The molecule has 0 amide bonds. The predicted molar refractivity (Wildman–Crippen MR) is 106 cm³/mol. The van der Waals surface area contributed by atoms with Gasteiger partial charge in [0.1, 0.15) is 0 Å². The lowest BCUT2D eigenvalue weighted by Gasteiger charge is -2.06. The SMILES string of the molecule is O=C(Cc1ccccc1)C1=Nc2cc3c(cc2C1)CN=C3c1ccnc(F)c1. The Morgan fingerprint density at radius 2 is 1.89 bits per heavy atom. The second-order valence-electron chi connectivity index (χ2n) is 6.99. The van der Waals surface area contributed by atoms with E-state index in [1.807, 2.05) is 36.4 Å². The molecule has 0 aliphatic carbocycles. The predicted octanol–water partition coefficient (Wildman–Crippen LogP) is 4.01. The second-order valence-corrected chi connectivity index (χ2v) is 6.99. The minimum atomic E-state index is -0.526. The van der Waals surface area contributed by atoms with Gasteiger partial charge in [-0.1, -0.05) is 36.4 Å². The van der Waals surface area contributed by atoms with Gasteiger partial charge in [0, 0.05) is 36.2 Å². The molecule has 5 heteroatoms. The van der Waals surface area contributed by atoms with E-state index in [1.165, 1.54) is 12.3 Å². The average molecular weight is 369 g/mol. The molecule has 2 aliphatic heterocycles. The molecule has 0 saturated heterocycles. The third-order valence-electron chi connectivity index (χ3n) is 5.11. The van der Waals surface area contributed by atoms with Gasteiger partial charge in [0.15, 0.2) is 5.78 Å². The normalized spacial score (nSPS) is 14.3. The zero-order valence-electron chi connectivity index (χ0n) is 15.0. The van der Waals surface area contributed by atoms with E-state index >= 15 is 0 Å². The summed E-state index contributed by atoms with van der Waals surface area (Å²) in [5.74, 6) is -0.478. The van der Waals surface area contributed by atoms with Crippen molar-refractivity contribution in [3.8, 4) is 0 Å². The van der Waals surface area contributed by atoms with Gasteiger partial charge in [-0.05, 0) is 28.8 Å². The van der Waals surface area contributed by atoms with E-state index < -0.39 is 5.95 Å². The Balaban J connectivity index is 1.44. The standard InChI is InChI=1S/C23H16FN3O/c24-22-11-15(6-7-25-22)23-18-12-19-16(9-17(18)13-26-23)10-20(27-19)21(28)8-14-4-2-1-3-5-14/h1-7,9,11-12H,8,10,13H2. The highest BCUT2D eigenvalue weighted by Gasteiger charge is 2.26. The van der Waals surface area contributed by atoms with Crippen molar-refractivity contribution >= 4 is 22.9 Å². The Bertz CT molecular complexity index is 1170. The zero-order valence-corrected chi connectivity index (χ0v) is 15.0. The van der Waals surface area contributed by atoms with Gasteiger partial charge in [-0.15, -0.1) is 0 Å². The first-order valence-electron chi connectivity index (χ1n) is 9.14. The fourth-order valence-electron chi connectivity index (χ4n) is 3.74. The Morgan fingerprint density at radius 3 is 2.71 bits per heavy atom. The molecule has 2 aliphatic rings. The lowest BCUT2D eigenvalue weighted by Crippen LogP contribution is -2.16. The summed E-state index contributed by atoms with van der Waals surface area (Å²) in [5, 5.41) is 0. The number of carbonyl (C=O) groups excluding carboxylic acids is 1. The van der Waals surface area contributed by atoms with Crippen LogP contribution in [0, 0.1) is 5.95 Å². The van der Waals surface area contributed by atoms with Crippen molar-refractivity contribution in [3.05, 3.63) is 94.6 Å². The quantitative estimate of drug-likeness (QED) is 0.653. The number of hydrogen-bond donors (Lipinski definition) is 0. The van der Waals surface area contributed by atoms with Crippen LogP contribution in [-0.4, -0.2) is 22.2 Å². The Labute approximate surface area is 161 Å². The monoisotopic (exact) mass is 369 g/mol. The second kappa shape index (κ2) is 6.60. The molecule has 0 atom stereocenters. The maximum Gasteiger partial charge on any atom is 0.213 e. The van der Waals surface area contributed by atoms with Crippen LogP contribution in [0.2, 0.25) is 0 Å². The zero-order chi connectivity index (χ0) is 19.1. The Hall–Kier alpha value is -3.47. The van der Waals surface area contributed by atoms with Crippen LogP contribution in [-0.2, 0) is 24.2 Å². The number of pyridine rings is 1. The van der Waals surface area contributed by atoms with Crippen molar-refractivity contribution in [1.29, 1.82) is 0 Å². The minimum absolute atomic E-state index is 0.0488. The third kappa shape index (κ3) is 2.95. The van der Waals surface area contributed by atoms with Crippen LogP contribution in [0.3, 0.4) is 0 Å². The molecule has 4 nitrogen and oxygen atoms in total. The van der Waals surface area contributed by atoms with Crippen molar-refractivity contribution in [3.63, 3.8) is 0 Å². The van der Waals surface area contributed by atoms with Gasteiger partial charge in [-0.2, -0.15) is 4.39 Å². The Morgan fingerprint density at radius 1 is 1.04 bits per heavy atom. The molecule has 0 spiro atoms. The summed E-state index contributed by atoms with van der Waals surface area (Å²) >= 11 is 0. The third-order valence-corrected chi connectivity index (χ3v) is 5.11. The first-order valence-corrected chi connectivity index (χ1v) is 9.14. The number of carbonyl (C=O) groups is 1. The summed E-state index contributed by atoms with van der Waals surface area (Å²) in [7, 11) is 0. The number of fused-ring (bicyclic) bond motifs is 2. The number of nitrogens with zero attached hydrogens (tertiary/aromatic N) is 3. The highest BCUT2D eigenvalue weighted by Crippen LogP contribution is 2.34. The topological polar surface area (TPSA) is 54.7 Å². The van der Waals surface area contributed by atoms with E-state index in [4.69, 9.17) is 0 Å². The summed E-state index contributed by atoms with van der Waals surface area (Å²) in [6.07, 6.45) is 2.35. The molecular weight excluding hydrogens is 353 g/mol. The van der Waals surface area contributed by atoms with Crippen LogP contribution in [0.5, 0.6) is 0 Å². The lowest BCUT2D eigenvalue weighted by molar-refractivity contribution is -0.112. The minimum Gasteiger partial charge on any atom is -0.292 e. The first-order chi connectivity index (χ1) is 13.7. The largest absolute Gasteiger partial charge is 0.292 e. The van der Waals surface area contributed by atoms with Crippen molar-refractivity contribution < 1.29 is 9.18 Å². The van der Waals surface area contributed by atoms with E-state index in [2.05, 4.69) is 21.0 Å². The number of aromatic nitrogens is 1. The highest BCUT2D eigenvalue weighted by atomic mass is 19.1. The number of Topliss-reactive ketones (excluding diaryl/α,β-unsaturated/α-hetero) is 1. The Kier molecular flexibility index (Phi) is 3.93. The van der Waals surface area contributed by atoms with E-state index in [9.17, 15) is 9.18 Å². The molecule has 0 unspecified atom stereocenters. The van der Waals surface area contributed by atoms with Gasteiger partial charge >= 0.3 is 0 Å². The van der Waals surface area contributed by atoms with Gasteiger partial charge in [-0.25, -0.2) is 9.98 Å². The average Bonchev–Trinajstić information content (AvgIpc) is 3.30. The van der Waals surface area contributed by atoms with Crippen LogP contribution < -0.4 is 0 Å². The molecule has 1 aromatic heterocycles. The first kappa shape index (κ1) is 16.7. The molecule has 0 radical (unpaired) electrons. The van der Waals surface area contributed by atoms with Gasteiger partial charge in [-0.3, -0.25) is 9.79 Å². The number of hydrogen-bond acceptors (Lipinski definition) is 4. The number of benzene rings is 2. The van der Waals surface area contributed by atoms with Gasteiger partial charge in [0.2, 0.25) is 5.95 Å². The van der Waals surface area contributed by atoms with Crippen LogP contribution in [0.4, 0.5) is 10.1 Å². The molecule has 0 bridgehead atoms. The fourth-order valence-corrected chi connectivity index (χ4v) is 3.74. The fraction of sp³-hybridized carbons (Fsp3) is 0.130. The molecule has 5 rings (SSSR count). The van der Waals surface area contributed by atoms with E-state index in [-0.39, 0.29) is 5.78 Å². The molecule has 2 aromatic carbocycles. The highest BCUT2D eigenvalue weighted by molar-refractivity contribution is 6.42. The summed E-state index contributed by atoms with van der Waals surface area (Å²) in [6, 6.07) is 16.9. The van der Waals surface area contributed by atoms with E-state index in [0.717, 1.165) is 33.7 Å². The molecular formula is C23H16FN3O. The number of aliphatic imine (C=N–C) groups is 2. The molecule has 0 saturated carbocycles. The lowest BCUT2D eigenvalue weighted by atomic mass is 9.96. The number of halogens is 1. The molecule has 0 fully saturated rings. The molecule has 0 N–H and O–H groups in total. The number of rotatable bonds is 4. The molecule has 136 valence electrons. The van der Waals surface area contributed by atoms with Crippen molar-refractivity contribution in [2.45, 2.75) is 19.4 Å². The van der Waals surface area contributed by atoms with Crippen LogP contribution in [0.1, 0.15) is 27.8 Å². The summed E-state index contributed by atoms with van der Waals surface area (Å²) in [4.78, 5) is 25.4. The smallest absolute Gasteiger partial charge is 0.213 e. The van der Waals surface area contributed by atoms with Crippen molar-refractivity contribution in [2.75, 3.05) is 0 Å². The maximum absolute atomic E-state index is 13.5. The van der Waals surface area contributed by atoms with Crippen LogP contribution >= 0.6 is 0 Å². The molecule has 28 heavy (non-hydrogen) atoms. The van der Waals surface area contributed by atoms with Gasteiger partial charge < -0.3 is 0 Å². The van der Waals surface area contributed by atoms with E-state index in [0.29, 0.717) is 30.7 Å². The van der Waals surface area contributed by atoms with Crippen LogP contribution in [0.15, 0.2) is 70.8 Å². The molecule has 3 aromatic rings. The van der Waals surface area contributed by atoms with Crippen molar-refractivity contribution in [1.82, 2.24) is 4.98 Å². The van der Waals surface area contributed by atoms with Gasteiger partial charge in [0.25, 0.3) is 0 Å². The summed E-state index contributed by atoms with van der Waals surface area (Å²) in [6.45, 7) is 0.551. The van der Waals surface area contributed by atoms with E-state index in [1.54, 1.807) is 6.07 Å². The summed E-state index contributed by atoms with van der Waals surface area (Å²) < 4.78 is 13.5. The number of ketones is 1. The summed E-state index contributed by atoms with van der Waals surface area (Å²) in [5.41, 5.74) is 6.92. The maximum atomic E-state index is 13.5.